The molecule has 0 radical (unpaired) electrons. The maximum atomic E-state index is 12.9. The quantitative estimate of drug-likeness (QED) is 0.861. The number of nitrogens with zero attached hydrogens (tertiary/aromatic N) is 3. The van der Waals surface area contributed by atoms with Crippen LogP contribution in [0.4, 0.5) is 4.39 Å². The van der Waals surface area contributed by atoms with Crippen LogP contribution >= 0.6 is 11.8 Å². The molecule has 0 saturated carbocycles. The van der Waals surface area contributed by atoms with Crippen molar-refractivity contribution in [3.05, 3.63) is 42.0 Å². The highest BCUT2D eigenvalue weighted by molar-refractivity contribution is 7.99. The van der Waals surface area contributed by atoms with Crippen LogP contribution in [0, 0.1) is 5.82 Å². The molecule has 1 heterocycles. The van der Waals surface area contributed by atoms with Crippen LogP contribution in [0.1, 0.15) is 17.7 Å². The van der Waals surface area contributed by atoms with Gasteiger partial charge in [-0.2, -0.15) is 5.10 Å². The number of rotatable bonds is 4. The third-order valence-corrected chi connectivity index (χ3v) is 4.11. The van der Waals surface area contributed by atoms with Gasteiger partial charge in [-0.1, -0.05) is 23.9 Å². The molecule has 2 N–H and O–H groups in total. The van der Waals surface area contributed by atoms with Crippen molar-refractivity contribution >= 4 is 11.8 Å². The Kier molecular flexibility index (Phi) is 3.98. The summed E-state index contributed by atoms with van der Waals surface area (Å²) in [5.74, 6) is -0.245. The van der Waals surface area contributed by atoms with Gasteiger partial charge in [-0.15, -0.1) is 0 Å². The molecule has 0 amide bonds. The standard InChI is InChI=1S/C12H15FN4S/c1-8(14)11(9-3-5-10(13)6-4-9)18-12-15-7-16-17(12)2/h3-8,11H,14H2,1-2H3. The van der Waals surface area contributed by atoms with Crippen LogP contribution in [-0.2, 0) is 7.05 Å². The lowest BCUT2D eigenvalue weighted by atomic mass is 10.1. The number of aromatic nitrogens is 3. The van der Waals surface area contributed by atoms with Gasteiger partial charge < -0.3 is 5.73 Å². The highest BCUT2D eigenvalue weighted by Gasteiger charge is 2.20. The fourth-order valence-corrected chi connectivity index (χ4v) is 2.68. The Labute approximate surface area is 109 Å². The molecule has 0 aliphatic carbocycles. The van der Waals surface area contributed by atoms with Crippen molar-refractivity contribution in [2.45, 2.75) is 23.4 Å². The molecule has 2 aromatic rings. The van der Waals surface area contributed by atoms with Gasteiger partial charge in [0, 0.05) is 13.1 Å². The Hall–Kier alpha value is -1.40. The highest BCUT2D eigenvalue weighted by atomic mass is 32.2. The average Bonchev–Trinajstić information content (AvgIpc) is 2.73. The van der Waals surface area contributed by atoms with Crippen LogP contribution < -0.4 is 5.73 Å². The predicted octanol–water partition coefficient (Wildman–Crippen LogP) is 2.13. The molecule has 0 spiro atoms. The zero-order valence-corrected chi connectivity index (χ0v) is 11.1. The second-order valence-corrected chi connectivity index (χ2v) is 5.22. The summed E-state index contributed by atoms with van der Waals surface area (Å²) >= 11 is 1.53. The molecule has 4 nitrogen and oxygen atoms in total. The third kappa shape index (κ3) is 2.88. The molecule has 2 atom stereocenters. The Morgan fingerprint density at radius 1 is 1.33 bits per heavy atom. The molecule has 0 fully saturated rings. The number of nitrogens with two attached hydrogens (primary N) is 1. The minimum absolute atomic E-state index is 0.0218. The zero-order valence-electron chi connectivity index (χ0n) is 10.2. The van der Waals surface area contributed by atoms with Crippen molar-refractivity contribution in [1.82, 2.24) is 14.8 Å². The van der Waals surface area contributed by atoms with E-state index in [1.807, 2.05) is 14.0 Å². The lowest BCUT2D eigenvalue weighted by Crippen LogP contribution is -2.23. The molecule has 96 valence electrons. The van der Waals surface area contributed by atoms with Crippen LogP contribution in [0.5, 0.6) is 0 Å². The first-order valence-corrected chi connectivity index (χ1v) is 6.47. The Balaban J connectivity index is 2.24. The van der Waals surface area contributed by atoms with E-state index in [-0.39, 0.29) is 17.1 Å². The summed E-state index contributed by atoms with van der Waals surface area (Å²) in [6, 6.07) is 6.33. The van der Waals surface area contributed by atoms with Gasteiger partial charge in [0.2, 0.25) is 0 Å². The van der Waals surface area contributed by atoms with Crippen molar-refractivity contribution in [2.24, 2.45) is 12.8 Å². The van der Waals surface area contributed by atoms with Gasteiger partial charge in [-0.25, -0.2) is 14.1 Å². The van der Waals surface area contributed by atoms with E-state index < -0.39 is 0 Å². The summed E-state index contributed by atoms with van der Waals surface area (Å²) in [5, 5.41) is 4.84. The SMILES string of the molecule is CC(N)C(Sc1ncnn1C)c1ccc(F)cc1. The molecule has 0 saturated heterocycles. The second kappa shape index (κ2) is 5.49. The third-order valence-electron chi connectivity index (χ3n) is 2.58. The largest absolute Gasteiger partial charge is 0.327 e. The lowest BCUT2D eigenvalue weighted by molar-refractivity contribution is 0.625. The number of halogens is 1. The number of aryl methyl sites for hydroxylation is 1. The summed E-state index contributed by atoms with van der Waals surface area (Å²) in [6.07, 6.45) is 1.51. The van der Waals surface area contributed by atoms with E-state index in [2.05, 4.69) is 10.1 Å². The fourth-order valence-electron chi connectivity index (χ4n) is 1.64. The second-order valence-electron chi connectivity index (χ2n) is 4.12. The maximum Gasteiger partial charge on any atom is 0.186 e. The first-order valence-electron chi connectivity index (χ1n) is 5.59. The van der Waals surface area contributed by atoms with Gasteiger partial charge in [0.05, 0.1) is 5.25 Å². The summed E-state index contributed by atoms with van der Waals surface area (Å²) in [6.45, 7) is 1.93. The van der Waals surface area contributed by atoms with Gasteiger partial charge in [-0.3, -0.25) is 0 Å². The predicted molar refractivity (Wildman–Crippen MR) is 69.7 cm³/mol. The molecule has 0 bridgehead atoms. The number of hydrogen-bond donors (Lipinski definition) is 1. The van der Waals surface area contributed by atoms with Gasteiger partial charge in [0.1, 0.15) is 12.1 Å². The zero-order chi connectivity index (χ0) is 13.1. The molecule has 2 unspecified atom stereocenters. The van der Waals surface area contributed by atoms with Gasteiger partial charge in [0.25, 0.3) is 0 Å². The number of thioether (sulfide) groups is 1. The topological polar surface area (TPSA) is 56.7 Å². The smallest absolute Gasteiger partial charge is 0.186 e. The Morgan fingerprint density at radius 2 is 2.00 bits per heavy atom. The van der Waals surface area contributed by atoms with Crippen LogP contribution in [0.3, 0.4) is 0 Å². The van der Waals surface area contributed by atoms with Crippen LogP contribution in [0.25, 0.3) is 0 Å². The van der Waals surface area contributed by atoms with Crippen molar-refractivity contribution in [3.63, 3.8) is 0 Å². The first-order chi connectivity index (χ1) is 8.58. The lowest BCUT2D eigenvalue weighted by Gasteiger charge is -2.20. The van der Waals surface area contributed by atoms with E-state index in [1.54, 1.807) is 16.8 Å². The first kappa shape index (κ1) is 13.0. The molecule has 2 rings (SSSR count). The van der Waals surface area contributed by atoms with E-state index in [1.165, 1.54) is 30.2 Å². The monoisotopic (exact) mass is 266 g/mol. The summed E-state index contributed by atoms with van der Waals surface area (Å²) in [5.41, 5.74) is 6.99. The molecular weight excluding hydrogens is 251 g/mol. The van der Waals surface area contributed by atoms with Crippen molar-refractivity contribution < 1.29 is 4.39 Å². The van der Waals surface area contributed by atoms with Gasteiger partial charge in [0.15, 0.2) is 5.16 Å². The molecule has 1 aromatic heterocycles. The van der Waals surface area contributed by atoms with Crippen LogP contribution in [0.2, 0.25) is 0 Å². The van der Waals surface area contributed by atoms with Gasteiger partial charge >= 0.3 is 0 Å². The normalized spacial score (nSPS) is 14.4. The van der Waals surface area contributed by atoms with E-state index >= 15 is 0 Å². The molecule has 1 aromatic carbocycles. The fraction of sp³-hybridized carbons (Fsp3) is 0.333. The van der Waals surface area contributed by atoms with Crippen LogP contribution in [0.15, 0.2) is 35.7 Å². The van der Waals surface area contributed by atoms with Crippen LogP contribution in [-0.4, -0.2) is 20.8 Å². The van der Waals surface area contributed by atoms with Gasteiger partial charge in [-0.05, 0) is 24.6 Å². The minimum Gasteiger partial charge on any atom is -0.327 e. The van der Waals surface area contributed by atoms with Crippen molar-refractivity contribution in [3.8, 4) is 0 Å². The Morgan fingerprint density at radius 3 is 2.50 bits per heavy atom. The summed E-state index contributed by atoms with van der Waals surface area (Å²) in [7, 11) is 1.83. The van der Waals surface area contributed by atoms with E-state index in [9.17, 15) is 4.39 Å². The number of benzene rings is 1. The van der Waals surface area contributed by atoms with Crippen molar-refractivity contribution in [2.75, 3.05) is 0 Å². The molecule has 0 aliphatic rings. The molecular formula is C12H15FN4S. The molecule has 0 aliphatic heterocycles. The van der Waals surface area contributed by atoms with E-state index in [0.29, 0.717) is 0 Å². The highest BCUT2D eigenvalue weighted by Crippen LogP contribution is 2.35. The Bertz CT molecular complexity index is 509. The average molecular weight is 266 g/mol. The minimum atomic E-state index is -0.245. The summed E-state index contributed by atoms with van der Waals surface area (Å²) < 4.78 is 14.6. The summed E-state index contributed by atoms with van der Waals surface area (Å²) in [4.78, 5) is 4.17. The van der Waals surface area contributed by atoms with Crippen molar-refractivity contribution in [1.29, 1.82) is 0 Å². The maximum absolute atomic E-state index is 12.9. The number of hydrogen-bond acceptors (Lipinski definition) is 4. The van der Waals surface area contributed by atoms with E-state index in [4.69, 9.17) is 5.73 Å². The van der Waals surface area contributed by atoms with E-state index in [0.717, 1.165) is 10.7 Å². The molecule has 6 heteroatoms. The molecule has 18 heavy (non-hydrogen) atoms.